The summed E-state index contributed by atoms with van der Waals surface area (Å²) in [6.07, 6.45) is 0. The molecule has 0 aliphatic rings. The number of benzene rings is 2. The van der Waals surface area contributed by atoms with Crippen LogP contribution in [0, 0.1) is 31.3 Å². The first-order valence-electron chi connectivity index (χ1n) is 6.50. The first-order valence-corrected chi connectivity index (χ1v) is 6.50. The van der Waals surface area contributed by atoms with Crippen molar-refractivity contribution in [2.24, 2.45) is 0 Å². The second kappa shape index (κ2) is 6.18. The van der Waals surface area contributed by atoms with Crippen LogP contribution in [-0.4, -0.2) is 5.11 Å². The number of nitrogens with one attached hydrogen (secondary N) is 1. The molecule has 0 spiro atoms. The van der Waals surface area contributed by atoms with Crippen LogP contribution < -0.4 is 5.32 Å². The molecule has 0 fully saturated rings. The molecule has 5 heteroatoms. The molecule has 0 amide bonds. The van der Waals surface area contributed by atoms with Gasteiger partial charge in [-0.05, 0) is 48.7 Å². The molecule has 0 aliphatic heterocycles. The van der Waals surface area contributed by atoms with Crippen molar-refractivity contribution >= 4 is 5.69 Å². The second-order valence-corrected chi connectivity index (χ2v) is 4.98. The van der Waals surface area contributed by atoms with Gasteiger partial charge in [0.15, 0.2) is 11.6 Å². The summed E-state index contributed by atoms with van der Waals surface area (Å²) in [6, 6.07) is 5.49. The lowest BCUT2D eigenvalue weighted by atomic mass is 10.1. The van der Waals surface area contributed by atoms with E-state index >= 15 is 0 Å². The lowest BCUT2D eigenvalue weighted by molar-refractivity contribution is 0.275. The van der Waals surface area contributed by atoms with Crippen molar-refractivity contribution in [1.29, 1.82) is 0 Å². The van der Waals surface area contributed by atoms with Crippen molar-refractivity contribution in [2.75, 3.05) is 5.32 Å². The Kier molecular flexibility index (Phi) is 4.53. The molecule has 2 nitrogen and oxygen atoms in total. The third-order valence-electron chi connectivity index (χ3n) is 3.32. The summed E-state index contributed by atoms with van der Waals surface area (Å²) >= 11 is 0. The van der Waals surface area contributed by atoms with Crippen molar-refractivity contribution < 1.29 is 18.3 Å². The van der Waals surface area contributed by atoms with E-state index in [0.717, 1.165) is 11.6 Å². The molecule has 0 heterocycles. The van der Waals surface area contributed by atoms with Crippen LogP contribution in [0.1, 0.15) is 22.3 Å². The normalized spacial score (nSPS) is 10.8. The van der Waals surface area contributed by atoms with Crippen LogP contribution in [0.15, 0.2) is 24.3 Å². The molecule has 0 atom stereocenters. The number of hydrogen-bond acceptors (Lipinski definition) is 2. The predicted octanol–water partition coefficient (Wildman–Crippen LogP) is 3.83. The highest BCUT2D eigenvalue weighted by molar-refractivity contribution is 5.53. The van der Waals surface area contributed by atoms with Crippen LogP contribution in [0.25, 0.3) is 0 Å². The van der Waals surface area contributed by atoms with Gasteiger partial charge < -0.3 is 10.4 Å². The minimum Gasteiger partial charge on any atom is -0.392 e. The summed E-state index contributed by atoms with van der Waals surface area (Å²) in [7, 11) is 0. The van der Waals surface area contributed by atoms with Crippen molar-refractivity contribution in [1.82, 2.24) is 0 Å². The summed E-state index contributed by atoms with van der Waals surface area (Å²) in [4.78, 5) is 0. The SMILES string of the molecule is Cc1cc(CO)c(F)cc1NCc1cc(C)c(F)c(F)c1. The van der Waals surface area contributed by atoms with Crippen LogP contribution in [0.5, 0.6) is 0 Å². The van der Waals surface area contributed by atoms with Gasteiger partial charge in [0.1, 0.15) is 5.82 Å². The zero-order valence-electron chi connectivity index (χ0n) is 11.8. The van der Waals surface area contributed by atoms with E-state index < -0.39 is 17.5 Å². The van der Waals surface area contributed by atoms with Gasteiger partial charge in [0.2, 0.25) is 0 Å². The number of hydrogen-bond donors (Lipinski definition) is 2. The molecule has 2 rings (SSSR count). The van der Waals surface area contributed by atoms with Crippen LogP contribution in [0.3, 0.4) is 0 Å². The Morgan fingerprint density at radius 3 is 2.29 bits per heavy atom. The van der Waals surface area contributed by atoms with Crippen molar-refractivity contribution in [2.45, 2.75) is 27.0 Å². The quantitative estimate of drug-likeness (QED) is 0.898. The van der Waals surface area contributed by atoms with Crippen molar-refractivity contribution in [3.05, 3.63) is 64.0 Å². The van der Waals surface area contributed by atoms with E-state index in [1.807, 2.05) is 0 Å². The van der Waals surface area contributed by atoms with Gasteiger partial charge in [-0.3, -0.25) is 0 Å². The van der Waals surface area contributed by atoms with Crippen LogP contribution in [0.2, 0.25) is 0 Å². The molecular formula is C16H16F3NO. The lowest BCUT2D eigenvalue weighted by Crippen LogP contribution is -2.04. The lowest BCUT2D eigenvalue weighted by Gasteiger charge is -2.12. The molecule has 0 bridgehead atoms. The third-order valence-corrected chi connectivity index (χ3v) is 3.32. The molecule has 0 aliphatic carbocycles. The van der Waals surface area contributed by atoms with E-state index in [1.54, 1.807) is 19.1 Å². The number of aryl methyl sites for hydroxylation is 2. The zero-order valence-corrected chi connectivity index (χ0v) is 11.8. The molecule has 0 aromatic heterocycles. The van der Waals surface area contributed by atoms with E-state index in [4.69, 9.17) is 5.11 Å². The predicted molar refractivity (Wildman–Crippen MR) is 75.5 cm³/mol. The third kappa shape index (κ3) is 3.36. The largest absolute Gasteiger partial charge is 0.392 e. The van der Waals surface area contributed by atoms with Gasteiger partial charge in [0.05, 0.1) is 6.61 Å². The van der Waals surface area contributed by atoms with Gasteiger partial charge in [0.25, 0.3) is 0 Å². The van der Waals surface area contributed by atoms with Gasteiger partial charge >= 0.3 is 0 Å². The van der Waals surface area contributed by atoms with Crippen LogP contribution >= 0.6 is 0 Å². The van der Waals surface area contributed by atoms with Crippen molar-refractivity contribution in [3.63, 3.8) is 0 Å². The smallest absolute Gasteiger partial charge is 0.161 e. The number of halogens is 3. The maximum atomic E-state index is 13.6. The van der Waals surface area contributed by atoms with E-state index in [2.05, 4.69) is 5.32 Å². The molecule has 2 N–H and O–H groups in total. The first kappa shape index (κ1) is 15.4. The molecule has 21 heavy (non-hydrogen) atoms. The van der Waals surface area contributed by atoms with Gasteiger partial charge in [-0.15, -0.1) is 0 Å². The highest BCUT2D eigenvalue weighted by atomic mass is 19.2. The van der Waals surface area contributed by atoms with E-state index in [0.29, 0.717) is 11.3 Å². The van der Waals surface area contributed by atoms with Gasteiger partial charge in [-0.25, -0.2) is 13.2 Å². The fourth-order valence-electron chi connectivity index (χ4n) is 2.15. The summed E-state index contributed by atoms with van der Waals surface area (Å²) < 4.78 is 40.2. The number of rotatable bonds is 4. The molecule has 0 saturated carbocycles. The van der Waals surface area contributed by atoms with Crippen molar-refractivity contribution in [3.8, 4) is 0 Å². The average molecular weight is 295 g/mol. The number of aliphatic hydroxyl groups is 1. The summed E-state index contributed by atoms with van der Waals surface area (Å²) in [5.74, 6) is -2.26. The summed E-state index contributed by atoms with van der Waals surface area (Å²) in [6.45, 7) is 3.15. The van der Waals surface area contributed by atoms with Crippen LogP contribution in [0.4, 0.5) is 18.9 Å². The maximum Gasteiger partial charge on any atom is 0.161 e. The second-order valence-electron chi connectivity index (χ2n) is 4.98. The first-order chi connectivity index (χ1) is 9.92. The Labute approximate surface area is 121 Å². The average Bonchev–Trinajstić information content (AvgIpc) is 2.45. The summed E-state index contributed by atoms with van der Waals surface area (Å²) in [5, 5.41) is 12.0. The maximum absolute atomic E-state index is 13.6. The Morgan fingerprint density at radius 1 is 0.952 bits per heavy atom. The highest BCUT2D eigenvalue weighted by Crippen LogP contribution is 2.22. The molecule has 0 unspecified atom stereocenters. The molecule has 0 radical (unpaired) electrons. The Balaban J connectivity index is 2.19. The minimum atomic E-state index is -0.898. The molecule has 2 aromatic carbocycles. The van der Waals surface area contributed by atoms with Gasteiger partial charge in [-0.2, -0.15) is 0 Å². The molecule has 0 saturated heterocycles. The molecule has 2 aromatic rings. The fourth-order valence-corrected chi connectivity index (χ4v) is 2.15. The number of aliphatic hydroxyl groups excluding tert-OH is 1. The minimum absolute atomic E-state index is 0.224. The van der Waals surface area contributed by atoms with E-state index in [-0.39, 0.29) is 24.3 Å². The van der Waals surface area contributed by atoms with Gasteiger partial charge in [-0.1, -0.05) is 6.07 Å². The highest BCUT2D eigenvalue weighted by Gasteiger charge is 2.09. The molecular weight excluding hydrogens is 279 g/mol. The number of anilines is 1. The Morgan fingerprint density at radius 2 is 1.67 bits per heavy atom. The standard InChI is InChI=1S/C16H16F3NO/c1-9-4-12(8-21)13(17)6-15(9)20-7-11-3-10(2)16(19)14(18)5-11/h3-6,20-21H,7-8H2,1-2H3. The topological polar surface area (TPSA) is 32.3 Å². The summed E-state index contributed by atoms with van der Waals surface area (Å²) in [5.41, 5.74) is 2.33. The Bertz CT molecular complexity index is 648. The fraction of sp³-hybridized carbons (Fsp3) is 0.250. The Hall–Kier alpha value is -2.01. The molecule has 112 valence electrons. The van der Waals surface area contributed by atoms with Crippen LogP contribution in [-0.2, 0) is 13.2 Å². The monoisotopic (exact) mass is 295 g/mol. The van der Waals surface area contributed by atoms with Gasteiger partial charge in [0, 0.05) is 17.8 Å². The van der Waals surface area contributed by atoms with E-state index in [1.165, 1.54) is 13.0 Å². The zero-order chi connectivity index (χ0) is 15.6. The van der Waals surface area contributed by atoms with E-state index in [9.17, 15) is 13.2 Å².